The van der Waals surface area contributed by atoms with E-state index in [0.717, 1.165) is 6.20 Å². The molecule has 1 aromatic rings. The Labute approximate surface area is 55.9 Å². The number of hydrogen-bond acceptors (Lipinski definition) is 3. The second-order valence-electron chi connectivity index (χ2n) is 1.76. The highest BCUT2D eigenvalue weighted by molar-refractivity contribution is 5.35. The molecule has 1 rings (SSSR count). The third-order valence-corrected chi connectivity index (χ3v) is 1.07. The standard InChI is InChI=1S/C5H6FN3O/c6-1-3-2-8-5(10)9-4(3)7/h2H,1H2,(H3,7,8,9,10). The van der Waals surface area contributed by atoms with Crippen molar-refractivity contribution in [2.75, 3.05) is 5.73 Å². The number of nitrogens with two attached hydrogens (primary N) is 1. The number of nitrogens with zero attached hydrogens (tertiary/aromatic N) is 1. The number of alkyl halides is 1. The molecular weight excluding hydrogens is 137 g/mol. The van der Waals surface area contributed by atoms with Crippen molar-refractivity contribution in [3.63, 3.8) is 0 Å². The highest BCUT2D eigenvalue weighted by atomic mass is 19.1. The van der Waals surface area contributed by atoms with Crippen LogP contribution in [-0.2, 0) is 6.67 Å². The summed E-state index contributed by atoms with van der Waals surface area (Å²) in [5.41, 5.74) is 4.84. The van der Waals surface area contributed by atoms with E-state index in [0.29, 0.717) is 0 Å². The number of rotatable bonds is 1. The molecule has 0 aliphatic rings. The first-order chi connectivity index (χ1) is 4.74. The van der Waals surface area contributed by atoms with E-state index in [9.17, 15) is 9.18 Å². The van der Waals surface area contributed by atoms with E-state index in [-0.39, 0.29) is 11.4 Å². The van der Waals surface area contributed by atoms with Crippen molar-refractivity contribution in [2.24, 2.45) is 0 Å². The van der Waals surface area contributed by atoms with E-state index >= 15 is 0 Å². The monoisotopic (exact) mass is 143 g/mol. The summed E-state index contributed by atoms with van der Waals surface area (Å²) in [6.07, 6.45) is 1.12. The molecule has 0 fully saturated rings. The predicted molar refractivity (Wildman–Crippen MR) is 34.1 cm³/mol. The predicted octanol–water partition coefficient (Wildman–Crippen LogP) is -0.178. The second-order valence-corrected chi connectivity index (χ2v) is 1.76. The van der Waals surface area contributed by atoms with Gasteiger partial charge in [-0.3, -0.25) is 4.98 Å². The van der Waals surface area contributed by atoms with Crippen molar-refractivity contribution in [1.29, 1.82) is 0 Å². The van der Waals surface area contributed by atoms with Gasteiger partial charge in [0.05, 0.1) is 0 Å². The summed E-state index contributed by atoms with van der Waals surface area (Å²) in [5.74, 6) is 0.0440. The average molecular weight is 143 g/mol. The van der Waals surface area contributed by atoms with Gasteiger partial charge in [-0.25, -0.2) is 14.2 Å². The molecule has 10 heavy (non-hydrogen) atoms. The van der Waals surface area contributed by atoms with E-state index in [1.54, 1.807) is 0 Å². The Balaban J connectivity index is 3.19. The van der Waals surface area contributed by atoms with Gasteiger partial charge in [0.25, 0.3) is 0 Å². The Bertz CT molecular complexity index is 282. The van der Waals surface area contributed by atoms with E-state index in [2.05, 4.69) is 9.97 Å². The maximum atomic E-state index is 11.9. The molecule has 0 bridgehead atoms. The smallest absolute Gasteiger partial charge is 0.346 e. The summed E-state index contributed by atoms with van der Waals surface area (Å²) in [7, 11) is 0. The van der Waals surface area contributed by atoms with Crippen molar-refractivity contribution in [2.45, 2.75) is 6.67 Å². The van der Waals surface area contributed by atoms with Crippen LogP contribution in [0.4, 0.5) is 10.2 Å². The summed E-state index contributed by atoms with van der Waals surface area (Å²) in [6, 6.07) is 0. The molecule has 0 aliphatic heterocycles. The van der Waals surface area contributed by atoms with Gasteiger partial charge < -0.3 is 5.73 Å². The summed E-state index contributed by atoms with van der Waals surface area (Å²) >= 11 is 0. The largest absolute Gasteiger partial charge is 0.385 e. The van der Waals surface area contributed by atoms with Crippen LogP contribution in [0.3, 0.4) is 0 Å². The Hall–Kier alpha value is -1.39. The van der Waals surface area contributed by atoms with Crippen LogP contribution < -0.4 is 11.4 Å². The number of hydrogen-bond donors (Lipinski definition) is 2. The van der Waals surface area contributed by atoms with Gasteiger partial charge >= 0.3 is 5.69 Å². The zero-order valence-electron chi connectivity index (χ0n) is 5.10. The fourth-order valence-electron chi connectivity index (χ4n) is 0.540. The Morgan fingerprint density at radius 3 is 3.00 bits per heavy atom. The number of anilines is 1. The normalized spacial score (nSPS) is 9.70. The molecule has 0 saturated carbocycles. The lowest BCUT2D eigenvalue weighted by molar-refractivity contribution is 0.484. The van der Waals surface area contributed by atoms with Crippen molar-refractivity contribution in [3.05, 3.63) is 22.2 Å². The summed E-state index contributed by atoms with van der Waals surface area (Å²) < 4.78 is 11.9. The first kappa shape index (κ1) is 6.73. The highest BCUT2D eigenvalue weighted by Crippen LogP contribution is 2.03. The van der Waals surface area contributed by atoms with Gasteiger partial charge in [0.15, 0.2) is 0 Å². The second kappa shape index (κ2) is 2.47. The van der Waals surface area contributed by atoms with Gasteiger partial charge in [0, 0.05) is 11.8 Å². The summed E-state index contributed by atoms with van der Waals surface area (Å²) in [5, 5.41) is 0. The molecular formula is C5H6FN3O. The molecule has 5 heteroatoms. The number of nitrogen functional groups attached to an aromatic ring is 1. The molecule has 54 valence electrons. The molecule has 1 aromatic heterocycles. The van der Waals surface area contributed by atoms with Crippen LogP contribution in [0.5, 0.6) is 0 Å². The van der Waals surface area contributed by atoms with Gasteiger partial charge in [-0.2, -0.15) is 0 Å². The lowest BCUT2D eigenvalue weighted by atomic mass is 10.3. The minimum absolute atomic E-state index is 0.0440. The number of halogens is 1. The minimum atomic E-state index is -0.713. The topological polar surface area (TPSA) is 71.8 Å². The van der Waals surface area contributed by atoms with Gasteiger partial charge in [-0.15, -0.1) is 0 Å². The first-order valence-corrected chi connectivity index (χ1v) is 2.63. The Morgan fingerprint density at radius 2 is 2.50 bits per heavy atom. The van der Waals surface area contributed by atoms with Crippen LogP contribution in [0.25, 0.3) is 0 Å². The van der Waals surface area contributed by atoms with Gasteiger partial charge in [-0.05, 0) is 0 Å². The molecule has 4 nitrogen and oxygen atoms in total. The van der Waals surface area contributed by atoms with Crippen LogP contribution in [0.2, 0.25) is 0 Å². The van der Waals surface area contributed by atoms with Crippen LogP contribution >= 0.6 is 0 Å². The highest BCUT2D eigenvalue weighted by Gasteiger charge is 1.97. The maximum absolute atomic E-state index is 11.9. The number of aromatic nitrogens is 2. The fourth-order valence-corrected chi connectivity index (χ4v) is 0.540. The van der Waals surface area contributed by atoms with Gasteiger partial charge in [0.1, 0.15) is 12.5 Å². The fraction of sp³-hybridized carbons (Fsp3) is 0.200. The molecule has 0 spiro atoms. The molecule has 0 aliphatic carbocycles. The molecule has 0 atom stereocenters. The van der Waals surface area contributed by atoms with Crippen LogP contribution in [0.15, 0.2) is 11.0 Å². The van der Waals surface area contributed by atoms with Crippen LogP contribution in [-0.4, -0.2) is 9.97 Å². The van der Waals surface area contributed by atoms with Crippen molar-refractivity contribution in [3.8, 4) is 0 Å². The zero-order chi connectivity index (χ0) is 7.56. The maximum Gasteiger partial charge on any atom is 0.346 e. The van der Waals surface area contributed by atoms with E-state index in [1.165, 1.54) is 0 Å². The molecule has 0 aromatic carbocycles. The lowest BCUT2D eigenvalue weighted by Gasteiger charge is -1.95. The number of aromatic amines is 1. The third kappa shape index (κ3) is 1.12. The van der Waals surface area contributed by atoms with E-state index in [1.807, 2.05) is 0 Å². The van der Waals surface area contributed by atoms with Crippen molar-refractivity contribution >= 4 is 5.82 Å². The number of H-pyrrole nitrogens is 1. The van der Waals surface area contributed by atoms with Gasteiger partial charge in [0.2, 0.25) is 0 Å². The van der Waals surface area contributed by atoms with E-state index < -0.39 is 12.4 Å². The Morgan fingerprint density at radius 1 is 1.80 bits per heavy atom. The van der Waals surface area contributed by atoms with Crippen LogP contribution in [0, 0.1) is 0 Å². The molecule has 0 amide bonds. The molecule has 3 N–H and O–H groups in total. The molecule has 0 saturated heterocycles. The van der Waals surface area contributed by atoms with Crippen LogP contribution in [0.1, 0.15) is 5.56 Å². The SMILES string of the molecule is Nc1[nH]c(=O)ncc1CF. The quantitative estimate of drug-likeness (QED) is 0.572. The lowest BCUT2D eigenvalue weighted by Crippen LogP contribution is -2.13. The third-order valence-electron chi connectivity index (χ3n) is 1.07. The summed E-state index contributed by atoms with van der Waals surface area (Å²) in [6.45, 7) is -0.713. The van der Waals surface area contributed by atoms with Crippen molar-refractivity contribution in [1.82, 2.24) is 9.97 Å². The number of nitrogens with one attached hydrogen (secondary N) is 1. The average Bonchev–Trinajstić information content (AvgIpc) is 1.88. The molecule has 0 unspecified atom stereocenters. The van der Waals surface area contributed by atoms with E-state index in [4.69, 9.17) is 5.73 Å². The Kier molecular flexibility index (Phi) is 1.66. The zero-order valence-corrected chi connectivity index (χ0v) is 5.10. The summed E-state index contributed by atoms with van der Waals surface area (Å²) in [4.78, 5) is 15.8. The van der Waals surface area contributed by atoms with Gasteiger partial charge in [-0.1, -0.05) is 0 Å². The van der Waals surface area contributed by atoms with Crippen molar-refractivity contribution < 1.29 is 4.39 Å². The molecule has 0 radical (unpaired) electrons. The minimum Gasteiger partial charge on any atom is -0.385 e. The molecule has 1 heterocycles. The first-order valence-electron chi connectivity index (χ1n) is 2.63.